The first-order chi connectivity index (χ1) is 2.00. The summed E-state index contributed by atoms with van der Waals surface area (Å²) in [6, 6.07) is 0. The van der Waals surface area contributed by atoms with E-state index in [1.165, 1.54) is 0 Å². The molecule has 0 unspecified atom stereocenters. The molecule has 0 aromatic carbocycles. The fourth-order valence-electron chi connectivity index (χ4n) is 0. The number of rotatable bonds is 0. The molecule has 0 aliphatic rings. The molecule has 0 rings (SSSR count). The fourth-order valence-corrected chi connectivity index (χ4v) is 0. The first-order valence-corrected chi connectivity index (χ1v) is 4.07. The maximum Gasteiger partial charge on any atom is 2.00 e. The molecule has 0 saturated heterocycles. The second-order valence-corrected chi connectivity index (χ2v) is 2.67. The summed E-state index contributed by atoms with van der Waals surface area (Å²) in [5, 5.41) is 0. The quantitative estimate of drug-likeness (QED) is 0.341. The third kappa shape index (κ3) is 308. The summed E-state index contributed by atoms with van der Waals surface area (Å²) >= 11 is -5.12. The molecule has 0 aromatic heterocycles. The van der Waals surface area contributed by atoms with Gasteiger partial charge in [0.2, 0.25) is 0 Å². The Hall–Kier alpha value is 0.407. The predicted molar refractivity (Wildman–Crippen MR) is 21.1 cm³/mol. The van der Waals surface area contributed by atoms with Crippen LogP contribution < -0.4 is 0 Å². The van der Waals surface area contributed by atoms with Gasteiger partial charge in [-0.1, -0.05) is 0 Å². The van der Waals surface area contributed by atoms with Gasteiger partial charge in [0.05, 0.1) is 0 Å². The molecule has 0 heterocycles. The van der Waals surface area contributed by atoms with E-state index < -0.39 is 14.5 Å². The Balaban J connectivity index is -0.0000000267. The smallest absolute Gasteiger partial charge is 1.00 e. The van der Waals surface area contributed by atoms with Crippen LogP contribution in [0.15, 0.2) is 0 Å². The van der Waals surface area contributed by atoms with Gasteiger partial charge in [-0.15, -0.1) is 0 Å². The van der Waals surface area contributed by atoms with E-state index in [0.717, 1.165) is 0 Å². The molecule has 0 amide bonds. The van der Waals surface area contributed by atoms with Crippen LogP contribution in [0, 0.1) is 0 Å². The second-order valence-electron chi connectivity index (χ2n) is 0.513. The molecule has 3 N–H and O–H groups in total. The van der Waals surface area contributed by atoms with Crippen LogP contribution in [0.25, 0.3) is 0 Å². The van der Waals surface area contributed by atoms with Crippen molar-refractivity contribution in [2.45, 2.75) is 0 Å². The van der Waals surface area contributed by atoms with E-state index in [0.29, 0.717) is 0 Å². The molecule has 6 heteroatoms. The molecular formula is H5AsBeO4. The molecule has 0 radical (unpaired) electrons. The van der Waals surface area contributed by atoms with Crippen LogP contribution in [0.4, 0.5) is 0 Å². The van der Waals surface area contributed by atoms with E-state index in [-0.39, 0.29) is 13.0 Å². The van der Waals surface area contributed by atoms with Crippen molar-refractivity contribution in [3.05, 3.63) is 0 Å². The monoisotopic (exact) mass is 153 g/mol. The van der Waals surface area contributed by atoms with Gasteiger partial charge < -0.3 is 2.85 Å². The standard InChI is InChI=1S/AsH3O4.Be.2H/c2-1(3,4)5;;;/h(H3,2,3,4,5);;;/q;+2;2*-1. The van der Waals surface area contributed by atoms with Crippen molar-refractivity contribution in [1.29, 1.82) is 0 Å². The first kappa shape index (κ1) is 9.64. The summed E-state index contributed by atoms with van der Waals surface area (Å²) in [5.41, 5.74) is 0. The normalized spacial score (nSPS) is 9.83. The Morgan fingerprint density at radius 1 is 1.33 bits per heavy atom. The molecule has 0 atom stereocenters. The van der Waals surface area contributed by atoms with Gasteiger partial charge >= 0.3 is 40.7 Å². The average Bonchev–Trinajstić information content (AvgIpc) is 0.722. The average molecular weight is 153 g/mol. The minimum absolute atomic E-state index is 0. The topological polar surface area (TPSA) is 77.8 Å². The summed E-state index contributed by atoms with van der Waals surface area (Å²) in [7, 11) is 0. The van der Waals surface area contributed by atoms with Crippen LogP contribution in [-0.4, -0.2) is 36.9 Å². The molecule has 0 spiro atoms. The van der Waals surface area contributed by atoms with Crippen molar-refractivity contribution in [1.82, 2.24) is 0 Å². The maximum atomic E-state index is 8.94. The third-order valence-corrected chi connectivity index (χ3v) is 0. The fraction of sp³-hybridized carbons (Fsp3) is 0. The Morgan fingerprint density at radius 2 is 1.33 bits per heavy atom. The van der Waals surface area contributed by atoms with Crippen molar-refractivity contribution in [2.24, 2.45) is 0 Å². The minimum atomic E-state index is -5.12. The Kier molecular flexibility index (Phi) is 4.11. The van der Waals surface area contributed by atoms with Gasteiger partial charge in [-0.2, -0.15) is 0 Å². The zero-order chi connectivity index (χ0) is 4.50. The molecule has 0 saturated carbocycles. The SMILES string of the molecule is O=[As](O)(O)O.[Be+2].[H-].[H-]. The molecule has 0 aromatic rings. The second kappa shape index (κ2) is 2.56. The van der Waals surface area contributed by atoms with Gasteiger partial charge in [0.25, 0.3) is 0 Å². The summed E-state index contributed by atoms with van der Waals surface area (Å²) in [6.07, 6.45) is 0. The van der Waals surface area contributed by atoms with Gasteiger partial charge in [-0.05, 0) is 0 Å². The van der Waals surface area contributed by atoms with Crippen LogP contribution in [0.5, 0.6) is 0 Å². The van der Waals surface area contributed by atoms with Crippen molar-refractivity contribution in [2.75, 3.05) is 0 Å². The van der Waals surface area contributed by atoms with Crippen LogP contribution in [-0.2, 0) is 3.74 Å². The number of hydrogen-bond acceptors (Lipinski definition) is 1. The molecular weight excluding hydrogens is 148 g/mol. The first-order valence-electron chi connectivity index (χ1n) is 0.783. The molecule has 0 fully saturated rings. The zero-order valence-corrected chi connectivity index (χ0v) is 4.78. The number of hydrogen-bond donors (Lipinski definition) is 3. The molecule has 0 bridgehead atoms. The van der Waals surface area contributed by atoms with Crippen molar-refractivity contribution in [3.8, 4) is 0 Å². The van der Waals surface area contributed by atoms with Crippen LogP contribution in [0.3, 0.4) is 0 Å². The Bertz CT molecular complexity index is 60.2. The molecule has 4 nitrogen and oxygen atoms in total. The Morgan fingerprint density at radius 3 is 1.33 bits per heavy atom. The summed E-state index contributed by atoms with van der Waals surface area (Å²) in [5.74, 6) is 0. The molecule has 0 aliphatic carbocycles. The van der Waals surface area contributed by atoms with Gasteiger partial charge in [0, 0.05) is 0 Å². The van der Waals surface area contributed by atoms with E-state index in [1.54, 1.807) is 0 Å². The minimum Gasteiger partial charge on any atom is -1.00 e. The zero-order valence-electron chi connectivity index (χ0n) is 4.90. The van der Waals surface area contributed by atoms with Crippen LogP contribution in [0.1, 0.15) is 2.85 Å². The van der Waals surface area contributed by atoms with E-state index >= 15 is 0 Å². The molecule has 0 aliphatic heterocycles. The van der Waals surface area contributed by atoms with Crippen LogP contribution in [0.2, 0.25) is 0 Å². The van der Waals surface area contributed by atoms with E-state index in [9.17, 15) is 0 Å². The van der Waals surface area contributed by atoms with E-state index in [4.69, 9.17) is 16.0 Å². The van der Waals surface area contributed by atoms with Crippen molar-refractivity contribution >= 4 is 24.6 Å². The van der Waals surface area contributed by atoms with Crippen molar-refractivity contribution in [3.63, 3.8) is 0 Å². The third-order valence-electron chi connectivity index (χ3n) is 0. The van der Waals surface area contributed by atoms with Gasteiger partial charge in [-0.3, -0.25) is 0 Å². The van der Waals surface area contributed by atoms with E-state index in [1.807, 2.05) is 0 Å². The summed E-state index contributed by atoms with van der Waals surface area (Å²) in [6.45, 7) is 0. The summed E-state index contributed by atoms with van der Waals surface area (Å²) < 4.78 is 30.7. The predicted octanol–water partition coefficient (Wildman–Crippen LogP) is -2.33. The van der Waals surface area contributed by atoms with Gasteiger partial charge in [0.1, 0.15) is 0 Å². The van der Waals surface area contributed by atoms with Gasteiger partial charge in [0.15, 0.2) is 0 Å². The maximum absolute atomic E-state index is 8.94. The largest absolute Gasteiger partial charge is 2.00 e. The molecule has 6 heavy (non-hydrogen) atoms. The Labute approximate surface area is 44.3 Å². The van der Waals surface area contributed by atoms with Crippen molar-refractivity contribution < 1.29 is 18.9 Å². The summed E-state index contributed by atoms with van der Waals surface area (Å²) in [4.78, 5) is 0. The molecule has 36 valence electrons. The van der Waals surface area contributed by atoms with E-state index in [2.05, 4.69) is 0 Å². The van der Waals surface area contributed by atoms with Crippen LogP contribution >= 0.6 is 0 Å². The van der Waals surface area contributed by atoms with Gasteiger partial charge in [-0.25, -0.2) is 0 Å².